The molecule has 8 heteroatoms. The van der Waals surface area contributed by atoms with E-state index in [1.807, 2.05) is 0 Å². The zero-order valence-corrected chi connectivity index (χ0v) is 14.2. The molecule has 1 aliphatic heterocycles. The molecule has 0 atom stereocenters. The molecule has 1 fully saturated rings. The summed E-state index contributed by atoms with van der Waals surface area (Å²) >= 11 is 6.04. The lowest BCUT2D eigenvalue weighted by Crippen LogP contribution is -2.49. The first-order chi connectivity index (χ1) is 10.3. The second kappa shape index (κ2) is 6.95. The standard InChI is InChI=1S/C14H20ClN3O3S/c1-17(2)22(20,21)16-11-7-9-18(10-8-11)14(19)12-5-3-4-6-13(12)15/h3-6,11,16H,7-10H2,1-2H3. The zero-order valence-electron chi connectivity index (χ0n) is 12.6. The predicted molar refractivity (Wildman–Crippen MR) is 86.1 cm³/mol. The number of nitrogens with one attached hydrogen (secondary N) is 1. The van der Waals surface area contributed by atoms with E-state index in [4.69, 9.17) is 11.6 Å². The fourth-order valence-electron chi connectivity index (χ4n) is 2.32. The largest absolute Gasteiger partial charge is 0.338 e. The summed E-state index contributed by atoms with van der Waals surface area (Å²) in [4.78, 5) is 14.1. The van der Waals surface area contributed by atoms with Gasteiger partial charge in [-0.1, -0.05) is 23.7 Å². The molecule has 0 saturated carbocycles. The van der Waals surface area contributed by atoms with Gasteiger partial charge in [0.2, 0.25) is 0 Å². The molecular formula is C14H20ClN3O3S. The number of benzene rings is 1. The number of rotatable bonds is 4. The topological polar surface area (TPSA) is 69.7 Å². The van der Waals surface area contributed by atoms with Crippen molar-refractivity contribution in [2.24, 2.45) is 0 Å². The van der Waals surface area contributed by atoms with Gasteiger partial charge in [-0.3, -0.25) is 4.79 Å². The summed E-state index contributed by atoms with van der Waals surface area (Å²) < 4.78 is 27.4. The van der Waals surface area contributed by atoms with Crippen molar-refractivity contribution in [1.29, 1.82) is 0 Å². The molecule has 0 aromatic heterocycles. The Balaban J connectivity index is 1.95. The summed E-state index contributed by atoms with van der Waals surface area (Å²) in [7, 11) is -0.467. The summed E-state index contributed by atoms with van der Waals surface area (Å²) in [6, 6.07) is 6.79. The van der Waals surface area contributed by atoms with Crippen LogP contribution in [0.2, 0.25) is 5.02 Å². The minimum atomic E-state index is -3.44. The van der Waals surface area contributed by atoms with Crippen LogP contribution in [0.4, 0.5) is 0 Å². The highest BCUT2D eigenvalue weighted by Crippen LogP contribution is 2.20. The number of likely N-dealkylation sites (tertiary alicyclic amines) is 1. The van der Waals surface area contributed by atoms with Crippen LogP contribution in [0.1, 0.15) is 23.2 Å². The molecule has 0 aliphatic carbocycles. The molecular weight excluding hydrogens is 326 g/mol. The summed E-state index contributed by atoms with van der Waals surface area (Å²) in [5.41, 5.74) is 0.483. The molecule has 6 nitrogen and oxygen atoms in total. The van der Waals surface area contributed by atoms with Crippen LogP contribution < -0.4 is 4.72 Å². The lowest BCUT2D eigenvalue weighted by molar-refractivity contribution is 0.0711. The number of amides is 1. The van der Waals surface area contributed by atoms with Gasteiger partial charge in [-0.25, -0.2) is 0 Å². The predicted octanol–water partition coefficient (Wildman–Crippen LogP) is 1.34. The molecule has 1 heterocycles. The number of carbonyl (C=O) groups is 1. The van der Waals surface area contributed by atoms with Crippen molar-refractivity contribution in [3.05, 3.63) is 34.9 Å². The quantitative estimate of drug-likeness (QED) is 0.895. The van der Waals surface area contributed by atoms with Gasteiger partial charge in [-0.2, -0.15) is 17.4 Å². The zero-order chi connectivity index (χ0) is 16.3. The molecule has 0 radical (unpaired) electrons. The fourth-order valence-corrected chi connectivity index (χ4v) is 3.41. The van der Waals surface area contributed by atoms with E-state index in [1.54, 1.807) is 29.2 Å². The lowest BCUT2D eigenvalue weighted by atomic mass is 10.0. The minimum absolute atomic E-state index is 0.112. The average molecular weight is 346 g/mol. The highest BCUT2D eigenvalue weighted by molar-refractivity contribution is 7.87. The van der Waals surface area contributed by atoms with E-state index in [1.165, 1.54) is 14.1 Å². The third-order valence-electron chi connectivity index (χ3n) is 3.68. The van der Waals surface area contributed by atoms with Crippen LogP contribution in [0.5, 0.6) is 0 Å². The second-order valence-corrected chi connectivity index (χ2v) is 7.77. The minimum Gasteiger partial charge on any atom is -0.338 e. The van der Waals surface area contributed by atoms with Crippen molar-refractivity contribution in [2.75, 3.05) is 27.2 Å². The van der Waals surface area contributed by atoms with Crippen LogP contribution in [0.3, 0.4) is 0 Å². The molecule has 122 valence electrons. The van der Waals surface area contributed by atoms with Crippen molar-refractivity contribution in [3.8, 4) is 0 Å². The molecule has 1 N–H and O–H groups in total. The Labute approximate surface area is 136 Å². The fraction of sp³-hybridized carbons (Fsp3) is 0.500. The second-order valence-electron chi connectivity index (χ2n) is 5.45. The van der Waals surface area contributed by atoms with Crippen LogP contribution in [0, 0.1) is 0 Å². The summed E-state index contributed by atoms with van der Waals surface area (Å²) in [6.07, 6.45) is 1.17. The first kappa shape index (κ1) is 17.2. The van der Waals surface area contributed by atoms with Crippen LogP contribution >= 0.6 is 11.6 Å². The molecule has 0 unspecified atom stereocenters. The van der Waals surface area contributed by atoms with Gasteiger partial charge < -0.3 is 4.90 Å². The Kier molecular flexibility index (Phi) is 5.44. The summed E-state index contributed by atoms with van der Waals surface area (Å²) in [5, 5.41) is 0.433. The van der Waals surface area contributed by atoms with E-state index < -0.39 is 10.2 Å². The van der Waals surface area contributed by atoms with E-state index in [0.29, 0.717) is 36.5 Å². The maximum Gasteiger partial charge on any atom is 0.279 e. The first-order valence-electron chi connectivity index (χ1n) is 7.05. The molecule has 1 saturated heterocycles. The van der Waals surface area contributed by atoms with Crippen LogP contribution in [0.25, 0.3) is 0 Å². The Morgan fingerprint density at radius 3 is 2.41 bits per heavy atom. The van der Waals surface area contributed by atoms with E-state index >= 15 is 0 Å². The highest BCUT2D eigenvalue weighted by Gasteiger charge is 2.27. The molecule has 2 rings (SSSR count). The van der Waals surface area contributed by atoms with Gasteiger partial charge in [0.05, 0.1) is 10.6 Å². The Bertz CT molecular complexity index is 640. The van der Waals surface area contributed by atoms with Crippen molar-refractivity contribution in [2.45, 2.75) is 18.9 Å². The normalized spacial score (nSPS) is 17.0. The number of hydrogen-bond donors (Lipinski definition) is 1. The third-order valence-corrected chi connectivity index (χ3v) is 5.60. The molecule has 1 aromatic carbocycles. The van der Waals surface area contributed by atoms with E-state index in [0.717, 1.165) is 4.31 Å². The Hall–Kier alpha value is -1.15. The van der Waals surface area contributed by atoms with Gasteiger partial charge in [0.25, 0.3) is 16.1 Å². The first-order valence-corrected chi connectivity index (χ1v) is 8.86. The monoisotopic (exact) mass is 345 g/mol. The number of hydrogen-bond acceptors (Lipinski definition) is 3. The van der Waals surface area contributed by atoms with E-state index in [-0.39, 0.29) is 11.9 Å². The SMILES string of the molecule is CN(C)S(=O)(=O)NC1CCN(C(=O)c2ccccc2Cl)CC1. The number of carbonyl (C=O) groups excluding carboxylic acids is 1. The van der Waals surface area contributed by atoms with Crippen molar-refractivity contribution in [3.63, 3.8) is 0 Å². The van der Waals surface area contributed by atoms with Crippen LogP contribution in [0.15, 0.2) is 24.3 Å². The van der Waals surface area contributed by atoms with E-state index in [9.17, 15) is 13.2 Å². The van der Waals surface area contributed by atoms with Crippen LogP contribution in [-0.4, -0.2) is 56.8 Å². The highest BCUT2D eigenvalue weighted by atomic mass is 35.5. The van der Waals surface area contributed by atoms with Gasteiger partial charge in [0, 0.05) is 33.2 Å². The Morgan fingerprint density at radius 2 is 1.86 bits per heavy atom. The van der Waals surface area contributed by atoms with Crippen molar-refractivity contribution >= 4 is 27.7 Å². The molecule has 22 heavy (non-hydrogen) atoms. The summed E-state index contributed by atoms with van der Waals surface area (Å²) in [6.45, 7) is 1.01. The maximum absolute atomic E-state index is 12.4. The van der Waals surface area contributed by atoms with E-state index in [2.05, 4.69) is 4.72 Å². The smallest absolute Gasteiger partial charge is 0.279 e. The molecule has 0 bridgehead atoms. The maximum atomic E-state index is 12.4. The van der Waals surface area contributed by atoms with Crippen LogP contribution in [-0.2, 0) is 10.2 Å². The van der Waals surface area contributed by atoms with Crippen molar-refractivity contribution < 1.29 is 13.2 Å². The third kappa shape index (κ3) is 3.98. The van der Waals surface area contributed by atoms with Crippen molar-refractivity contribution in [1.82, 2.24) is 13.9 Å². The number of piperidine rings is 1. The van der Waals surface area contributed by atoms with Gasteiger partial charge in [-0.05, 0) is 25.0 Å². The molecule has 1 amide bonds. The Morgan fingerprint density at radius 1 is 1.27 bits per heavy atom. The van der Waals surface area contributed by atoms with Gasteiger partial charge in [0.1, 0.15) is 0 Å². The lowest BCUT2D eigenvalue weighted by Gasteiger charge is -2.33. The van der Waals surface area contributed by atoms with Gasteiger partial charge in [0.15, 0.2) is 0 Å². The van der Waals surface area contributed by atoms with Gasteiger partial charge in [-0.15, -0.1) is 0 Å². The number of halogens is 1. The average Bonchev–Trinajstić information content (AvgIpc) is 2.47. The summed E-state index contributed by atoms with van der Waals surface area (Å²) in [5.74, 6) is -0.112. The molecule has 1 aromatic rings. The molecule has 1 aliphatic rings. The van der Waals surface area contributed by atoms with Gasteiger partial charge >= 0.3 is 0 Å². The molecule has 0 spiro atoms. The number of nitrogens with zero attached hydrogens (tertiary/aromatic N) is 2.